The number of alkyl halides is 3. The smallest absolute Gasteiger partial charge is 0.490 e. The number of rotatable bonds is 4. The fourth-order valence-corrected chi connectivity index (χ4v) is 5.70. The number of methoxy groups -OCH3 is 1. The van der Waals surface area contributed by atoms with Gasteiger partial charge < -0.3 is 29.4 Å². The number of benzene rings is 1. The fourth-order valence-electron chi connectivity index (χ4n) is 5.70. The molecule has 2 amide bonds. The third-order valence-electron chi connectivity index (χ3n) is 7.48. The van der Waals surface area contributed by atoms with Crippen molar-refractivity contribution < 1.29 is 41.8 Å². The molecule has 12 heteroatoms. The van der Waals surface area contributed by atoms with Gasteiger partial charge in [-0.2, -0.15) is 13.2 Å². The number of carbonyl (C=O) groups excluding carboxylic acids is 2. The van der Waals surface area contributed by atoms with Gasteiger partial charge in [0, 0.05) is 43.0 Å². The van der Waals surface area contributed by atoms with Crippen molar-refractivity contribution in [2.24, 2.45) is 11.8 Å². The maximum Gasteiger partial charge on any atom is 0.490 e. The van der Waals surface area contributed by atoms with E-state index in [0.29, 0.717) is 36.1 Å². The molecule has 4 heterocycles. The molecule has 9 nitrogen and oxygen atoms in total. The predicted molar refractivity (Wildman–Crippen MR) is 126 cm³/mol. The van der Waals surface area contributed by atoms with Crippen molar-refractivity contribution in [1.29, 1.82) is 0 Å². The minimum absolute atomic E-state index is 0.0944. The zero-order valence-corrected chi connectivity index (χ0v) is 20.6. The van der Waals surface area contributed by atoms with E-state index in [0.717, 1.165) is 44.3 Å². The van der Waals surface area contributed by atoms with Gasteiger partial charge in [0.1, 0.15) is 0 Å². The van der Waals surface area contributed by atoms with Crippen LogP contribution in [0.5, 0.6) is 5.75 Å². The Hall–Kier alpha value is -3.28. The molecule has 5 rings (SSSR count). The molecular weight excluding hydrogens is 495 g/mol. The number of aliphatic carboxylic acids is 1. The van der Waals surface area contributed by atoms with Gasteiger partial charge in [0.05, 0.1) is 13.0 Å². The molecule has 202 valence electrons. The third-order valence-corrected chi connectivity index (χ3v) is 7.48. The number of piperidine rings is 1. The van der Waals surface area contributed by atoms with Crippen LogP contribution in [0.1, 0.15) is 36.7 Å². The molecule has 3 saturated heterocycles. The van der Waals surface area contributed by atoms with Crippen LogP contribution in [0.2, 0.25) is 0 Å². The number of para-hydroxylation sites is 1. The molecular formula is C25H30F3N3O6. The molecule has 1 aromatic carbocycles. The number of ether oxygens (including phenoxy) is 1. The summed E-state index contributed by atoms with van der Waals surface area (Å²) in [6.45, 7) is 6.34. The van der Waals surface area contributed by atoms with E-state index in [1.807, 2.05) is 23.1 Å². The van der Waals surface area contributed by atoms with E-state index in [2.05, 4.69) is 17.1 Å². The van der Waals surface area contributed by atoms with Gasteiger partial charge in [-0.25, -0.2) is 4.79 Å². The van der Waals surface area contributed by atoms with Crippen LogP contribution in [0.15, 0.2) is 28.7 Å². The summed E-state index contributed by atoms with van der Waals surface area (Å²) < 4.78 is 42.9. The normalized spacial score (nSPS) is 22.9. The zero-order valence-electron chi connectivity index (χ0n) is 20.6. The Labute approximate surface area is 211 Å². The van der Waals surface area contributed by atoms with Crippen molar-refractivity contribution in [2.75, 3.05) is 39.8 Å². The lowest BCUT2D eigenvalue weighted by Gasteiger charge is -2.42. The number of likely N-dealkylation sites (tertiary alicyclic amines) is 2. The molecule has 0 bridgehead atoms. The van der Waals surface area contributed by atoms with Gasteiger partial charge in [0.15, 0.2) is 17.1 Å². The second-order valence-electron chi connectivity index (χ2n) is 9.70. The number of carboxylic acid groups (broad SMARTS) is 1. The van der Waals surface area contributed by atoms with Crippen LogP contribution in [0, 0.1) is 11.8 Å². The highest BCUT2D eigenvalue weighted by molar-refractivity contribution is 5.97. The summed E-state index contributed by atoms with van der Waals surface area (Å²) in [5, 5.41) is 11.3. The number of hydrogen-bond acceptors (Lipinski definition) is 6. The number of hydrogen-bond donors (Lipinski definition) is 2. The van der Waals surface area contributed by atoms with E-state index in [9.17, 15) is 22.8 Å². The van der Waals surface area contributed by atoms with Gasteiger partial charge in [-0.1, -0.05) is 19.1 Å². The van der Waals surface area contributed by atoms with E-state index in [-0.39, 0.29) is 23.3 Å². The van der Waals surface area contributed by atoms with Crippen LogP contribution in [-0.2, 0) is 9.59 Å². The van der Waals surface area contributed by atoms with Crippen LogP contribution in [-0.4, -0.2) is 84.2 Å². The Kier molecular flexibility index (Phi) is 7.40. The van der Waals surface area contributed by atoms with Crippen LogP contribution < -0.4 is 10.1 Å². The molecule has 0 unspecified atom stereocenters. The minimum atomic E-state index is -5.08. The van der Waals surface area contributed by atoms with Gasteiger partial charge in [0.2, 0.25) is 5.91 Å². The monoisotopic (exact) mass is 525 g/mol. The van der Waals surface area contributed by atoms with Crippen molar-refractivity contribution in [2.45, 2.75) is 37.9 Å². The van der Waals surface area contributed by atoms with Crippen LogP contribution in [0.3, 0.4) is 0 Å². The number of nitrogens with one attached hydrogen (secondary N) is 1. The van der Waals surface area contributed by atoms with E-state index < -0.39 is 12.1 Å². The summed E-state index contributed by atoms with van der Waals surface area (Å²) in [4.78, 5) is 38.9. The fraction of sp³-hybridized carbons (Fsp3) is 0.560. The number of halogens is 3. The number of fused-ring (bicyclic) bond motifs is 3. The Morgan fingerprint density at radius 3 is 2.51 bits per heavy atom. The van der Waals surface area contributed by atoms with Gasteiger partial charge in [0.25, 0.3) is 5.91 Å². The van der Waals surface area contributed by atoms with Gasteiger partial charge >= 0.3 is 12.1 Å². The molecule has 0 saturated carbocycles. The summed E-state index contributed by atoms with van der Waals surface area (Å²) in [7, 11) is 1.59. The molecule has 37 heavy (non-hydrogen) atoms. The summed E-state index contributed by atoms with van der Waals surface area (Å²) in [5.41, 5.74) is 0.433. The number of nitrogens with zero attached hydrogens (tertiary/aromatic N) is 2. The van der Waals surface area contributed by atoms with Crippen LogP contribution in [0.4, 0.5) is 13.2 Å². The standard InChI is InChI=1S/C23H29N3O4.C2HF3O2/c1-3-9-25-13-16-17(14-25)23(24-21(16)27)7-10-26(11-8-23)22(28)19-12-15-5-4-6-18(29-2)20(15)30-19;3-2(4,5)1(6)7/h4-6,12,16-17H,3,7-11,13-14H2,1-2H3,(H,24,27);(H,6,7)/t16-,17+;/m1./s1. The molecule has 3 fully saturated rings. The number of furan rings is 1. The Bertz CT molecular complexity index is 1170. The average Bonchev–Trinajstić information content (AvgIpc) is 3.54. The van der Waals surface area contributed by atoms with Crippen LogP contribution in [0.25, 0.3) is 11.0 Å². The molecule has 2 aromatic rings. The molecule has 1 spiro atoms. The molecule has 1 aromatic heterocycles. The van der Waals surface area contributed by atoms with Crippen molar-refractivity contribution in [3.8, 4) is 5.75 Å². The first-order valence-corrected chi connectivity index (χ1v) is 12.2. The third kappa shape index (κ3) is 5.25. The van der Waals surface area contributed by atoms with Crippen molar-refractivity contribution in [3.63, 3.8) is 0 Å². The summed E-state index contributed by atoms with van der Waals surface area (Å²) in [5.74, 6) is -1.24. The SMILES string of the molecule is CCCN1C[C@H]2C(=O)NC3(CCN(C(=O)c4cc5cccc(OC)c5o4)CC3)[C@H]2C1.O=C(O)C(F)(F)F. The van der Waals surface area contributed by atoms with E-state index >= 15 is 0 Å². The lowest BCUT2D eigenvalue weighted by molar-refractivity contribution is -0.192. The van der Waals surface area contributed by atoms with Crippen LogP contribution >= 0.6 is 0 Å². The zero-order chi connectivity index (χ0) is 27.0. The minimum Gasteiger partial charge on any atom is -0.493 e. The lowest BCUT2D eigenvalue weighted by Crippen LogP contribution is -2.56. The maximum atomic E-state index is 13.1. The quantitative estimate of drug-likeness (QED) is 0.631. The Balaban J connectivity index is 0.000000405. The highest BCUT2D eigenvalue weighted by atomic mass is 19.4. The van der Waals surface area contributed by atoms with Gasteiger partial charge in [-0.15, -0.1) is 0 Å². The summed E-state index contributed by atoms with van der Waals surface area (Å²) in [6.07, 6.45) is -2.37. The van der Waals surface area contributed by atoms with Gasteiger partial charge in [-0.05, 0) is 37.9 Å². The molecule has 0 aliphatic carbocycles. The molecule has 3 aliphatic heterocycles. The molecule has 3 aliphatic rings. The van der Waals surface area contributed by atoms with E-state index in [1.54, 1.807) is 13.2 Å². The first kappa shape index (κ1) is 26.8. The van der Waals surface area contributed by atoms with Crippen molar-refractivity contribution >= 4 is 28.8 Å². The average molecular weight is 526 g/mol. The maximum absolute atomic E-state index is 13.1. The second kappa shape index (κ2) is 10.2. The Morgan fingerprint density at radius 1 is 1.24 bits per heavy atom. The highest BCUT2D eigenvalue weighted by Crippen LogP contribution is 2.44. The Morgan fingerprint density at radius 2 is 1.92 bits per heavy atom. The first-order chi connectivity index (χ1) is 17.5. The topological polar surface area (TPSA) is 112 Å². The molecule has 2 N–H and O–H groups in total. The lowest BCUT2D eigenvalue weighted by atomic mass is 9.75. The number of carbonyl (C=O) groups is 3. The second-order valence-corrected chi connectivity index (χ2v) is 9.70. The summed E-state index contributed by atoms with van der Waals surface area (Å²) in [6, 6.07) is 7.42. The molecule has 0 radical (unpaired) electrons. The number of carboxylic acids is 1. The van der Waals surface area contributed by atoms with E-state index in [1.165, 1.54) is 0 Å². The van der Waals surface area contributed by atoms with Gasteiger partial charge in [-0.3, -0.25) is 9.59 Å². The molecule has 2 atom stereocenters. The summed E-state index contributed by atoms with van der Waals surface area (Å²) >= 11 is 0. The highest BCUT2D eigenvalue weighted by Gasteiger charge is 2.57. The van der Waals surface area contributed by atoms with E-state index in [4.69, 9.17) is 19.1 Å². The van der Waals surface area contributed by atoms with Crippen molar-refractivity contribution in [1.82, 2.24) is 15.1 Å². The largest absolute Gasteiger partial charge is 0.493 e. The van der Waals surface area contributed by atoms with Crippen molar-refractivity contribution in [3.05, 3.63) is 30.0 Å². The first-order valence-electron chi connectivity index (χ1n) is 12.2. The predicted octanol–water partition coefficient (Wildman–Crippen LogP) is 3.14. The number of amides is 2.